The smallest absolute Gasteiger partial charge is 0.279 e. The van der Waals surface area contributed by atoms with E-state index in [1.807, 2.05) is 24.3 Å². The van der Waals surface area contributed by atoms with Crippen molar-refractivity contribution in [1.29, 1.82) is 0 Å². The minimum atomic E-state index is -1.87. The van der Waals surface area contributed by atoms with Crippen molar-refractivity contribution in [2.45, 2.75) is 44.4 Å². The molecule has 1 aliphatic heterocycles. The standard InChI is InChI=1S/C29H35N3O6/c1-29(27(34)30-2,28(35)31-38-25-7-5-6-19-37-25)32(3)26(33)24-16-14-22(15-17-24)9-8-21-10-12-23(13-11-21)18-20-36-4/h10-17,25H,5-7,18-20H2,1-4H3,(H,30,34)(H,31,35). The molecule has 1 fully saturated rings. The molecule has 1 aliphatic rings. The second-order valence-corrected chi connectivity index (χ2v) is 9.13. The zero-order valence-electron chi connectivity index (χ0n) is 22.3. The molecule has 9 heteroatoms. The monoisotopic (exact) mass is 521 g/mol. The molecule has 2 atom stereocenters. The highest BCUT2D eigenvalue weighted by Gasteiger charge is 2.47. The summed E-state index contributed by atoms with van der Waals surface area (Å²) in [6.07, 6.45) is 2.71. The van der Waals surface area contributed by atoms with Crippen LogP contribution in [-0.4, -0.2) is 68.9 Å². The van der Waals surface area contributed by atoms with Crippen LogP contribution in [0.15, 0.2) is 48.5 Å². The van der Waals surface area contributed by atoms with E-state index < -0.39 is 29.6 Å². The van der Waals surface area contributed by atoms with E-state index in [4.69, 9.17) is 14.3 Å². The molecule has 2 unspecified atom stereocenters. The maximum atomic E-state index is 13.3. The van der Waals surface area contributed by atoms with Crippen molar-refractivity contribution in [2.24, 2.45) is 0 Å². The van der Waals surface area contributed by atoms with Gasteiger partial charge in [-0.15, -0.1) is 0 Å². The summed E-state index contributed by atoms with van der Waals surface area (Å²) >= 11 is 0. The summed E-state index contributed by atoms with van der Waals surface area (Å²) in [4.78, 5) is 45.6. The number of methoxy groups -OCH3 is 1. The van der Waals surface area contributed by atoms with Crippen LogP contribution in [-0.2, 0) is 30.3 Å². The molecule has 1 saturated heterocycles. The molecule has 0 aliphatic carbocycles. The maximum absolute atomic E-state index is 13.3. The highest BCUT2D eigenvalue weighted by molar-refractivity contribution is 6.12. The third-order valence-corrected chi connectivity index (χ3v) is 6.54. The average molecular weight is 522 g/mol. The normalized spacial score (nSPS) is 16.4. The maximum Gasteiger partial charge on any atom is 0.279 e. The first-order valence-corrected chi connectivity index (χ1v) is 12.6. The van der Waals surface area contributed by atoms with Crippen LogP contribution in [0.1, 0.15) is 53.2 Å². The summed E-state index contributed by atoms with van der Waals surface area (Å²) in [5, 5.41) is 2.46. The first-order valence-electron chi connectivity index (χ1n) is 12.6. The summed E-state index contributed by atoms with van der Waals surface area (Å²) in [7, 11) is 4.48. The molecule has 2 N–H and O–H groups in total. The first kappa shape index (κ1) is 28.9. The molecule has 0 radical (unpaired) electrons. The SMILES string of the molecule is CNC(=O)C(C)(C(=O)NOC1CCCCO1)N(C)C(=O)c1ccc(C#Cc2ccc(CCOC)cc2)cc1. The number of ether oxygens (including phenoxy) is 2. The van der Waals surface area contributed by atoms with Crippen molar-refractivity contribution in [3.63, 3.8) is 0 Å². The fourth-order valence-electron chi connectivity index (χ4n) is 3.89. The zero-order valence-corrected chi connectivity index (χ0v) is 22.3. The van der Waals surface area contributed by atoms with Crippen molar-refractivity contribution in [3.8, 4) is 11.8 Å². The lowest BCUT2D eigenvalue weighted by Gasteiger charge is -2.36. The Balaban J connectivity index is 1.69. The summed E-state index contributed by atoms with van der Waals surface area (Å²) in [5.74, 6) is 4.25. The number of amides is 3. The van der Waals surface area contributed by atoms with Crippen LogP contribution in [0.25, 0.3) is 0 Å². The van der Waals surface area contributed by atoms with Crippen LogP contribution in [0, 0.1) is 11.8 Å². The third kappa shape index (κ3) is 7.19. The van der Waals surface area contributed by atoms with Crippen molar-refractivity contribution < 1.29 is 28.7 Å². The van der Waals surface area contributed by atoms with Gasteiger partial charge in [-0.05, 0) is 68.1 Å². The summed E-state index contributed by atoms with van der Waals surface area (Å²) < 4.78 is 10.5. The van der Waals surface area contributed by atoms with E-state index in [0.29, 0.717) is 25.2 Å². The van der Waals surface area contributed by atoms with Crippen LogP contribution in [0.5, 0.6) is 0 Å². The molecular weight excluding hydrogens is 486 g/mol. The third-order valence-electron chi connectivity index (χ3n) is 6.54. The number of benzene rings is 2. The van der Waals surface area contributed by atoms with Crippen LogP contribution in [0.2, 0.25) is 0 Å². The van der Waals surface area contributed by atoms with Crippen molar-refractivity contribution in [3.05, 3.63) is 70.8 Å². The second kappa shape index (κ2) is 13.7. The number of nitrogens with one attached hydrogen (secondary N) is 2. The van der Waals surface area contributed by atoms with Crippen molar-refractivity contribution >= 4 is 17.7 Å². The van der Waals surface area contributed by atoms with Gasteiger partial charge in [0.25, 0.3) is 17.7 Å². The van der Waals surface area contributed by atoms with Crippen LogP contribution in [0.3, 0.4) is 0 Å². The Morgan fingerprint density at radius 1 is 1.03 bits per heavy atom. The molecule has 0 aromatic heterocycles. The van der Waals surface area contributed by atoms with Gasteiger partial charge in [0, 0.05) is 50.9 Å². The van der Waals surface area contributed by atoms with E-state index in [2.05, 4.69) is 22.6 Å². The largest absolute Gasteiger partial charge is 0.384 e. The predicted molar refractivity (Wildman–Crippen MR) is 142 cm³/mol. The Morgan fingerprint density at radius 3 is 2.21 bits per heavy atom. The fraction of sp³-hybridized carbons (Fsp3) is 0.414. The van der Waals surface area contributed by atoms with Gasteiger partial charge in [0.1, 0.15) is 0 Å². The van der Waals surface area contributed by atoms with Crippen LogP contribution in [0.4, 0.5) is 0 Å². The van der Waals surface area contributed by atoms with E-state index >= 15 is 0 Å². The van der Waals surface area contributed by atoms with E-state index in [0.717, 1.165) is 35.3 Å². The molecular formula is C29H35N3O6. The topological polar surface area (TPSA) is 106 Å². The number of carbonyl (C=O) groups excluding carboxylic acids is 3. The van der Waals surface area contributed by atoms with Crippen LogP contribution >= 0.6 is 0 Å². The number of hydroxylamine groups is 1. The number of rotatable bonds is 9. The van der Waals surface area contributed by atoms with Gasteiger partial charge in [-0.3, -0.25) is 14.4 Å². The predicted octanol–water partition coefficient (Wildman–Crippen LogP) is 2.43. The molecule has 202 valence electrons. The minimum Gasteiger partial charge on any atom is -0.384 e. The Bertz CT molecular complexity index is 1160. The molecule has 2 aromatic rings. The van der Waals surface area contributed by atoms with Gasteiger partial charge in [0.2, 0.25) is 0 Å². The van der Waals surface area contributed by atoms with Gasteiger partial charge in [-0.25, -0.2) is 10.3 Å². The van der Waals surface area contributed by atoms with Crippen molar-refractivity contribution in [1.82, 2.24) is 15.7 Å². The lowest BCUT2D eigenvalue weighted by Crippen LogP contribution is -2.65. The molecule has 0 saturated carbocycles. The van der Waals surface area contributed by atoms with Gasteiger partial charge in [0.05, 0.1) is 6.61 Å². The molecule has 3 amide bonds. The van der Waals surface area contributed by atoms with E-state index in [1.165, 1.54) is 26.6 Å². The zero-order chi connectivity index (χ0) is 27.5. The van der Waals surface area contributed by atoms with Crippen molar-refractivity contribution in [2.75, 3.05) is 34.4 Å². The van der Waals surface area contributed by atoms with Gasteiger partial charge in [-0.1, -0.05) is 24.0 Å². The summed E-state index contributed by atoms with van der Waals surface area (Å²) in [6.45, 7) is 2.57. The van der Waals surface area contributed by atoms with Crippen LogP contribution < -0.4 is 10.8 Å². The molecule has 0 spiro atoms. The Hall–Kier alpha value is -3.71. The van der Waals surface area contributed by atoms with E-state index in [9.17, 15) is 14.4 Å². The molecule has 0 bridgehead atoms. The fourth-order valence-corrected chi connectivity index (χ4v) is 3.89. The number of likely N-dealkylation sites (N-methyl/N-ethyl adjacent to an activating group) is 2. The second-order valence-electron chi connectivity index (χ2n) is 9.13. The first-order chi connectivity index (χ1) is 18.3. The lowest BCUT2D eigenvalue weighted by atomic mass is 9.96. The highest BCUT2D eigenvalue weighted by atomic mass is 16.8. The molecule has 9 nitrogen and oxygen atoms in total. The Morgan fingerprint density at radius 2 is 1.66 bits per heavy atom. The minimum absolute atomic E-state index is 0.306. The number of nitrogens with zero attached hydrogens (tertiary/aromatic N) is 1. The lowest BCUT2D eigenvalue weighted by molar-refractivity contribution is -0.204. The number of carbonyl (C=O) groups is 3. The molecule has 1 heterocycles. The van der Waals surface area contributed by atoms with Gasteiger partial charge in [0.15, 0.2) is 11.8 Å². The van der Waals surface area contributed by atoms with E-state index in [-0.39, 0.29) is 0 Å². The molecule has 3 rings (SSSR count). The summed E-state index contributed by atoms with van der Waals surface area (Å²) in [5.41, 5.74) is 3.52. The molecule has 38 heavy (non-hydrogen) atoms. The Labute approximate surface area is 223 Å². The molecule has 2 aromatic carbocycles. The van der Waals surface area contributed by atoms with Gasteiger partial charge < -0.3 is 19.7 Å². The Kier molecular flexibility index (Phi) is 10.4. The van der Waals surface area contributed by atoms with E-state index in [1.54, 1.807) is 31.4 Å². The summed E-state index contributed by atoms with van der Waals surface area (Å²) in [6, 6.07) is 14.6. The average Bonchev–Trinajstić information content (AvgIpc) is 2.97. The highest BCUT2D eigenvalue weighted by Crippen LogP contribution is 2.20. The quantitative estimate of drug-likeness (QED) is 0.298. The number of hydrogen-bond acceptors (Lipinski definition) is 6. The van der Waals surface area contributed by atoms with Gasteiger partial charge >= 0.3 is 0 Å². The van der Waals surface area contributed by atoms with Gasteiger partial charge in [-0.2, -0.15) is 0 Å². The number of hydrogen-bond donors (Lipinski definition) is 2.